The number of benzene rings is 1. The van der Waals surface area contributed by atoms with Gasteiger partial charge in [0, 0.05) is 12.6 Å². The van der Waals surface area contributed by atoms with Gasteiger partial charge in [-0.25, -0.2) is 0 Å². The first-order chi connectivity index (χ1) is 9.69. The highest BCUT2D eigenvalue weighted by atomic mass is 16.5. The molecule has 2 rings (SSSR count). The van der Waals surface area contributed by atoms with E-state index < -0.39 is 0 Å². The Labute approximate surface area is 123 Å². The summed E-state index contributed by atoms with van der Waals surface area (Å²) in [7, 11) is 1.71. The van der Waals surface area contributed by atoms with Crippen molar-refractivity contribution < 1.29 is 4.74 Å². The number of hydrogen-bond acceptors (Lipinski definition) is 3. The van der Waals surface area contributed by atoms with Crippen LogP contribution in [0.25, 0.3) is 0 Å². The van der Waals surface area contributed by atoms with Gasteiger partial charge in [-0.05, 0) is 69.9 Å². The Morgan fingerprint density at radius 1 is 1.30 bits per heavy atom. The number of methoxy groups -OCH3 is 1. The Morgan fingerprint density at radius 3 is 2.65 bits per heavy atom. The molecule has 20 heavy (non-hydrogen) atoms. The molecule has 0 aliphatic carbocycles. The van der Waals surface area contributed by atoms with Gasteiger partial charge in [0.15, 0.2) is 0 Å². The van der Waals surface area contributed by atoms with Crippen LogP contribution in [0.4, 0.5) is 0 Å². The van der Waals surface area contributed by atoms with Crippen molar-refractivity contribution >= 4 is 0 Å². The lowest BCUT2D eigenvalue weighted by Crippen LogP contribution is -2.31. The molecule has 1 fully saturated rings. The van der Waals surface area contributed by atoms with Crippen molar-refractivity contribution in [2.75, 3.05) is 33.3 Å². The molecule has 112 valence electrons. The van der Waals surface area contributed by atoms with Crippen molar-refractivity contribution in [3.8, 4) is 5.75 Å². The molecule has 0 spiro atoms. The summed E-state index contributed by atoms with van der Waals surface area (Å²) in [4.78, 5) is 2.58. The van der Waals surface area contributed by atoms with E-state index in [2.05, 4.69) is 36.2 Å². The lowest BCUT2D eigenvalue weighted by Gasteiger charge is -2.20. The third-order valence-electron chi connectivity index (χ3n) is 4.23. The van der Waals surface area contributed by atoms with Crippen molar-refractivity contribution in [2.24, 2.45) is 5.92 Å². The summed E-state index contributed by atoms with van der Waals surface area (Å²) in [5.41, 5.74) is 1.37. The van der Waals surface area contributed by atoms with E-state index in [1.807, 2.05) is 12.1 Å². The minimum atomic E-state index is 0.694. The van der Waals surface area contributed by atoms with Crippen LogP contribution in [-0.2, 0) is 6.42 Å². The minimum Gasteiger partial charge on any atom is -0.497 e. The van der Waals surface area contributed by atoms with E-state index in [9.17, 15) is 0 Å². The maximum Gasteiger partial charge on any atom is 0.118 e. The minimum absolute atomic E-state index is 0.694. The standard InChI is InChI=1S/C17H28N2O/c1-14(2)19-11-9-16(13-19)12-18-10-8-15-4-6-17(20-3)7-5-15/h4-7,14,16,18H,8-13H2,1-3H3. The summed E-state index contributed by atoms with van der Waals surface area (Å²) in [5, 5.41) is 3.61. The molecule has 1 heterocycles. The molecule has 3 heteroatoms. The van der Waals surface area contributed by atoms with Gasteiger partial charge in [0.25, 0.3) is 0 Å². The Balaban J connectivity index is 1.62. The lowest BCUT2D eigenvalue weighted by molar-refractivity contribution is 0.264. The number of ether oxygens (including phenoxy) is 1. The molecule has 1 aliphatic rings. The van der Waals surface area contributed by atoms with Gasteiger partial charge in [0.1, 0.15) is 5.75 Å². The molecule has 1 atom stereocenters. The van der Waals surface area contributed by atoms with E-state index >= 15 is 0 Å². The van der Waals surface area contributed by atoms with Crippen LogP contribution in [-0.4, -0.2) is 44.2 Å². The average molecular weight is 276 g/mol. The highest BCUT2D eigenvalue weighted by Gasteiger charge is 2.23. The highest BCUT2D eigenvalue weighted by Crippen LogP contribution is 2.17. The van der Waals surface area contributed by atoms with Crippen LogP contribution < -0.4 is 10.1 Å². The number of hydrogen-bond donors (Lipinski definition) is 1. The fourth-order valence-corrected chi connectivity index (χ4v) is 2.83. The van der Waals surface area contributed by atoms with Gasteiger partial charge in [0.05, 0.1) is 7.11 Å². The quantitative estimate of drug-likeness (QED) is 0.775. The van der Waals surface area contributed by atoms with Crippen LogP contribution in [0.5, 0.6) is 5.75 Å². The van der Waals surface area contributed by atoms with E-state index in [-0.39, 0.29) is 0 Å². The van der Waals surface area contributed by atoms with Crippen LogP contribution in [0, 0.1) is 5.92 Å². The van der Waals surface area contributed by atoms with Gasteiger partial charge in [-0.1, -0.05) is 12.1 Å². The van der Waals surface area contributed by atoms with Gasteiger partial charge in [-0.3, -0.25) is 0 Å². The summed E-state index contributed by atoms with van der Waals surface area (Å²) in [6, 6.07) is 9.06. The van der Waals surface area contributed by atoms with Gasteiger partial charge >= 0.3 is 0 Å². The molecule has 1 N–H and O–H groups in total. The normalized spacial score (nSPS) is 19.7. The SMILES string of the molecule is COc1ccc(CCNCC2CCN(C(C)C)C2)cc1. The van der Waals surface area contributed by atoms with E-state index in [1.165, 1.54) is 25.1 Å². The van der Waals surface area contributed by atoms with E-state index in [4.69, 9.17) is 4.74 Å². The van der Waals surface area contributed by atoms with Crippen molar-refractivity contribution in [3.05, 3.63) is 29.8 Å². The largest absolute Gasteiger partial charge is 0.497 e. The van der Waals surface area contributed by atoms with Crippen molar-refractivity contribution in [3.63, 3.8) is 0 Å². The second-order valence-corrected chi connectivity index (χ2v) is 6.05. The van der Waals surface area contributed by atoms with Gasteiger partial charge in [0.2, 0.25) is 0 Å². The van der Waals surface area contributed by atoms with Crippen LogP contribution >= 0.6 is 0 Å². The zero-order valence-electron chi connectivity index (χ0n) is 13.1. The van der Waals surface area contributed by atoms with Gasteiger partial charge in [-0.15, -0.1) is 0 Å². The van der Waals surface area contributed by atoms with E-state index in [0.717, 1.165) is 31.2 Å². The summed E-state index contributed by atoms with van der Waals surface area (Å²) < 4.78 is 5.17. The van der Waals surface area contributed by atoms with Crippen LogP contribution in [0.2, 0.25) is 0 Å². The van der Waals surface area contributed by atoms with Crippen LogP contribution in [0.3, 0.4) is 0 Å². The summed E-state index contributed by atoms with van der Waals surface area (Å²) in [6.45, 7) is 9.32. The molecule has 1 aromatic rings. The smallest absolute Gasteiger partial charge is 0.118 e. The molecular formula is C17H28N2O. The summed E-state index contributed by atoms with van der Waals surface area (Å²) >= 11 is 0. The second kappa shape index (κ2) is 7.65. The number of likely N-dealkylation sites (tertiary alicyclic amines) is 1. The molecule has 1 unspecified atom stereocenters. The fraction of sp³-hybridized carbons (Fsp3) is 0.647. The maximum absolute atomic E-state index is 5.17. The molecule has 1 aromatic carbocycles. The fourth-order valence-electron chi connectivity index (χ4n) is 2.83. The Hall–Kier alpha value is -1.06. The first kappa shape index (κ1) is 15.3. The number of nitrogens with zero attached hydrogens (tertiary/aromatic N) is 1. The van der Waals surface area contributed by atoms with Crippen molar-refractivity contribution in [1.29, 1.82) is 0 Å². The topological polar surface area (TPSA) is 24.5 Å². The highest BCUT2D eigenvalue weighted by molar-refractivity contribution is 5.27. The first-order valence-corrected chi connectivity index (χ1v) is 7.76. The third kappa shape index (κ3) is 4.50. The van der Waals surface area contributed by atoms with E-state index in [0.29, 0.717) is 6.04 Å². The Kier molecular flexibility index (Phi) is 5.86. The third-order valence-corrected chi connectivity index (χ3v) is 4.23. The van der Waals surface area contributed by atoms with Gasteiger partial charge < -0.3 is 15.0 Å². The average Bonchev–Trinajstić information content (AvgIpc) is 2.93. The predicted octanol–water partition coefficient (Wildman–Crippen LogP) is 2.56. The second-order valence-electron chi connectivity index (χ2n) is 6.05. The molecule has 1 aliphatic heterocycles. The molecular weight excluding hydrogens is 248 g/mol. The molecule has 0 saturated carbocycles. The summed E-state index contributed by atoms with van der Waals surface area (Å²) in [6.07, 6.45) is 2.43. The maximum atomic E-state index is 5.17. The van der Waals surface area contributed by atoms with Crippen molar-refractivity contribution in [1.82, 2.24) is 10.2 Å². The van der Waals surface area contributed by atoms with E-state index in [1.54, 1.807) is 7.11 Å². The molecule has 0 bridgehead atoms. The molecule has 1 saturated heterocycles. The zero-order chi connectivity index (χ0) is 14.4. The predicted molar refractivity (Wildman–Crippen MR) is 84.4 cm³/mol. The van der Waals surface area contributed by atoms with Crippen LogP contribution in [0.15, 0.2) is 24.3 Å². The van der Waals surface area contributed by atoms with Crippen LogP contribution in [0.1, 0.15) is 25.8 Å². The molecule has 0 aromatic heterocycles. The molecule has 3 nitrogen and oxygen atoms in total. The molecule has 0 radical (unpaired) electrons. The Bertz CT molecular complexity index is 388. The number of nitrogens with one attached hydrogen (secondary N) is 1. The van der Waals surface area contributed by atoms with Crippen molar-refractivity contribution in [2.45, 2.75) is 32.7 Å². The monoisotopic (exact) mass is 276 g/mol. The zero-order valence-corrected chi connectivity index (χ0v) is 13.1. The molecule has 0 amide bonds. The van der Waals surface area contributed by atoms with Gasteiger partial charge in [-0.2, -0.15) is 0 Å². The Morgan fingerprint density at radius 2 is 2.05 bits per heavy atom. The lowest BCUT2D eigenvalue weighted by atomic mass is 10.1. The first-order valence-electron chi connectivity index (χ1n) is 7.76. The number of rotatable bonds is 7. The summed E-state index contributed by atoms with van der Waals surface area (Å²) in [5.74, 6) is 1.76.